The molecular formula is C18H32O2. The van der Waals surface area contributed by atoms with Gasteiger partial charge in [-0.3, -0.25) is 0 Å². The lowest BCUT2D eigenvalue weighted by molar-refractivity contribution is -0.125. The molecule has 2 N–H and O–H groups in total. The quantitative estimate of drug-likeness (QED) is 0.823. The summed E-state index contributed by atoms with van der Waals surface area (Å²) in [5, 5.41) is 20.6. The summed E-state index contributed by atoms with van der Waals surface area (Å²) in [6.07, 6.45) is 13.5. The van der Waals surface area contributed by atoms with Crippen LogP contribution in [-0.4, -0.2) is 22.4 Å². The molecule has 0 aliphatic heterocycles. The largest absolute Gasteiger partial charge is 0.396 e. The average molecular weight is 280 g/mol. The first-order valence-electron chi connectivity index (χ1n) is 8.92. The summed E-state index contributed by atoms with van der Waals surface area (Å²) < 4.78 is 0. The first-order chi connectivity index (χ1) is 9.59. The van der Waals surface area contributed by atoms with E-state index in [2.05, 4.69) is 6.92 Å². The van der Waals surface area contributed by atoms with Crippen molar-refractivity contribution in [1.82, 2.24) is 0 Å². The third-order valence-corrected chi connectivity index (χ3v) is 7.30. The van der Waals surface area contributed by atoms with E-state index in [1.807, 2.05) is 0 Å². The summed E-state index contributed by atoms with van der Waals surface area (Å²) in [5.41, 5.74) is -0.367. The highest BCUT2D eigenvalue weighted by Gasteiger charge is 2.58. The van der Waals surface area contributed by atoms with Crippen molar-refractivity contribution >= 4 is 0 Å². The van der Waals surface area contributed by atoms with E-state index in [4.69, 9.17) is 0 Å². The third-order valence-electron chi connectivity index (χ3n) is 7.30. The summed E-state index contributed by atoms with van der Waals surface area (Å²) >= 11 is 0. The second kappa shape index (κ2) is 5.61. The van der Waals surface area contributed by atoms with Crippen molar-refractivity contribution < 1.29 is 10.2 Å². The van der Waals surface area contributed by atoms with Gasteiger partial charge >= 0.3 is 0 Å². The van der Waals surface area contributed by atoms with Crippen LogP contribution >= 0.6 is 0 Å². The van der Waals surface area contributed by atoms with Crippen LogP contribution in [0.15, 0.2) is 0 Å². The monoisotopic (exact) mass is 280 g/mol. The average Bonchev–Trinajstić information content (AvgIpc) is 2.72. The molecule has 0 saturated heterocycles. The van der Waals surface area contributed by atoms with Gasteiger partial charge in [-0.25, -0.2) is 0 Å². The van der Waals surface area contributed by atoms with Gasteiger partial charge in [0.2, 0.25) is 0 Å². The minimum Gasteiger partial charge on any atom is -0.396 e. The number of hydrogen-bond donors (Lipinski definition) is 2. The zero-order valence-electron chi connectivity index (χ0n) is 13.1. The zero-order valence-corrected chi connectivity index (χ0v) is 13.1. The number of aliphatic hydroxyl groups excluding tert-OH is 1. The van der Waals surface area contributed by atoms with Crippen LogP contribution in [-0.2, 0) is 0 Å². The number of aliphatic hydroxyl groups is 2. The standard InChI is InChI=1S/C18H32O2/c1-17-10-7-15(14-5-3-2-4-6-14)13-18(17,20)11-8-16(17)9-12-19/h14-16,19-20H,2-13H2,1H3/t15-,16+,17+,18-/m0/s1. The summed E-state index contributed by atoms with van der Waals surface area (Å²) in [7, 11) is 0. The second-order valence-corrected chi connectivity index (χ2v) is 8.10. The molecule has 3 saturated carbocycles. The van der Waals surface area contributed by atoms with Gasteiger partial charge in [-0.15, -0.1) is 0 Å². The van der Waals surface area contributed by atoms with E-state index in [0.29, 0.717) is 5.92 Å². The molecule has 0 aromatic heterocycles. The Kier molecular flexibility index (Phi) is 4.16. The fourth-order valence-corrected chi connectivity index (χ4v) is 5.82. The summed E-state index contributed by atoms with van der Waals surface area (Å²) in [6, 6.07) is 0. The Morgan fingerprint density at radius 1 is 0.950 bits per heavy atom. The molecule has 3 fully saturated rings. The molecule has 0 bridgehead atoms. The SMILES string of the molecule is C[C@]12CC[C@H](C3CCCCC3)C[C@@]1(O)CC[C@@H]2CCO. The van der Waals surface area contributed by atoms with Gasteiger partial charge in [0.1, 0.15) is 0 Å². The van der Waals surface area contributed by atoms with Crippen LogP contribution < -0.4 is 0 Å². The molecule has 4 atom stereocenters. The van der Waals surface area contributed by atoms with Crippen molar-refractivity contribution in [3.8, 4) is 0 Å². The van der Waals surface area contributed by atoms with E-state index in [9.17, 15) is 10.2 Å². The van der Waals surface area contributed by atoms with Gasteiger partial charge in [-0.1, -0.05) is 39.0 Å². The number of fused-ring (bicyclic) bond motifs is 1. The fraction of sp³-hybridized carbons (Fsp3) is 1.00. The Labute approximate surface area is 124 Å². The summed E-state index contributed by atoms with van der Waals surface area (Å²) in [4.78, 5) is 0. The van der Waals surface area contributed by atoms with Gasteiger partial charge in [-0.2, -0.15) is 0 Å². The third kappa shape index (κ3) is 2.33. The highest BCUT2D eigenvalue weighted by molar-refractivity contribution is 5.09. The molecule has 0 aromatic rings. The van der Waals surface area contributed by atoms with Crippen molar-refractivity contribution in [2.45, 2.75) is 83.2 Å². The lowest BCUT2D eigenvalue weighted by Crippen LogP contribution is -2.51. The molecule has 3 rings (SSSR count). The van der Waals surface area contributed by atoms with Crippen molar-refractivity contribution in [2.24, 2.45) is 23.2 Å². The van der Waals surface area contributed by atoms with Crippen LogP contribution in [0.3, 0.4) is 0 Å². The van der Waals surface area contributed by atoms with Gasteiger partial charge in [0.25, 0.3) is 0 Å². The molecule has 0 aromatic carbocycles. The molecule has 3 aliphatic rings. The van der Waals surface area contributed by atoms with Crippen molar-refractivity contribution in [1.29, 1.82) is 0 Å². The molecule has 20 heavy (non-hydrogen) atoms. The highest BCUT2D eigenvalue weighted by atomic mass is 16.3. The zero-order chi connectivity index (χ0) is 14.2. The van der Waals surface area contributed by atoms with Crippen LogP contribution in [0.1, 0.15) is 77.6 Å². The predicted molar refractivity (Wildman–Crippen MR) is 81.4 cm³/mol. The highest BCUT2D eigenvalue weighted by Crippen LogP contribution is 2.61. The predicted octanol–water partition coefficient (Wildman–Crippen LogP) is 3.90. The van der Waals surface area contributed by atoms with Crippen LogP contribution in [0, 0.1) is 23.2 Å². The van der Waals surface area contributed by atoms with Gasteiger partial charge in [0, 0.05) is 6.61 Å². The first-order valence-corrected chi connectivity index (χ1v) is 8.92. The second-order valence-electron chi connectivity index (χ2n) is 8.10. The fourth-order valence-electron chi connectivity index (χ4n) is 5.82. The molecule has 116 valence electrons. The Balaban J connectivity index is 1.70. The van der Waals surface area contributed by atoms with E-state index < -0.39 is 5.60 Å². The minimum atomic E-state index is -0.437. The molecule has 0 unspecified atom stereocenters. The van der Waals surface area contributed by atoms with E-state index in [0.717, 1.165) is 37.5 Å². The Hall–Kier alpha value is -0.0800. The molecule has 0 radical (unpaired) electrons. The van der Waals surface area contributed by atoms with Gasteiger partial charge in [-0.05, 0) is 61.7 Å². The number of rotatable bonds is 3. The van der Waals surface area contributed by atoms with E-state index in [1.165, 1.54) is 44.9 Å². The summed E-state index contributed by atoms with van der Waals surface area (Å²) in [5.74, 6) is 2.18. The minimum absolute atomic E-state index is 0.0703. The maximum Gasteiger partial charge on any atom is 0.0706 e. The van der Waals surface area contributed by atoms with Crippen LogP contribution in [0.4, 0.5) is 0 Å². The molecule has 0 heterocycles. The van der Waals surface area contributed by atoms with Crippen molar-refractivity contribution in [2.75, 3.05) is 6.61 Å². The van der Waals surface area contributed by atoms with Gasteiger partial charge < -0.3 is 10.2 Å². The topological polar surface area (TPSA) is 40.5 Å². The molecular weight excluding hydrogens is 248 g/mol. The first kappa shape index (κ1) is 14.8. The van der Waals surface area contributed by atoms with E-state index >= 15 is 0 Å². The Bertz CT molecular complexity index is 336. The van der Waals surface area contributed by atoms with Crippen molar-refractivity contribution in [3.63, 3.8) is 0 Å². The van der Waals surface area contributed by atoms with E-state index in [-0.39, 0.29) is 12.0 Å². The maximum atomic E-state index is 11.3. The Morgan fingerprint density at radius 2 is 1.70 bits per heavy atom. The van der Waals surface area contributed by atoms with Crippen LogP contribution in [0.2, 0.25) is 0 Å². The molecule has 3 aliphatic carbocycles. The van der Waals surface area contributed by atoms with Crippen LogP contribution in [0.25, 0.3) is 0 Å². The van der Waals surface area contributed by atoms with Crippen LogP contribution in [0.5, 0.6) is 0 Å². The Morgan fingerprint density at radius 3 is 2.40 bits per heavy atom. The molecule has 2 heteroatoms. The normalized spacial score (nSPS) is 46.4. The number of hydrogen-bond acceptors (Lipinski definition) is 2. The van der Waals surface area contributed by atoms with E-state index in [1.54, 1.807) is 0 Å². The van der Waals surface area contributed by atoms with Gasteiger partial charge in [0.05, 0.1) is 5.60 Å². The maximum absolute atomic E-state index is 11.3. The lowest BCUT2D eigenvalue weighted by atomic mass is 9.57. The lowest BCUT2D eigenvalue weighted by Gasteiger charge is -2.51. The molecule has 0 spiro atoms. The smallest absolute Gasteiger partial charge is 0.0706 e. The van der Waals surface area contributed by atoms with Crippen molar-refractivity contribution in [3.05, 3.63) is 0 Å². The van der Waals surface area contributed by atoms with Gasteiger partial charge in [0.15, 0.2) is 0 Å². The summed E-state index contributed by atoms with van der Waals surface area (Å²) in [6.45, 7) is 2.58. The molecule has 2 nitrogen and oxygen atoms in total. The molecule has 0 amide bonds.